The molecular weight excluding hydrogens is 270 g/mol. The lowest BCUT2D eigenvalue weighted by molar-refractivity contribution is 0.0984. The van der Waals surface area contributed by atoms with Crippen molar-refractivity contribution in [2.24, 2.45) is 5.41 Å². The molecule has 1 aliphatic carbocycles. The summed E-state index contributed by atoms with van der Waals surface area (Å²) in [5.74, 6) is 1.04. The summed E-state index contributed by atoms with van der Waals surface area (Å²) in [4.78, 5) is 4.13. The van der Waals surface area contributed by atoms with Crippen LogP contribution < -0.4 is 0 Å². The Morgan fingerprint density at radius 3 is 2.58 bits per heavy atom. The van der Waals surface area contributed by atoms with Crippen molar-refractivity contribution in [3.8, 4) is 0 Å². The molecule has 19 heavy (non-hydrogen) atoms. The van der Waals surface area contributed by atoms with Gasteiger partial charge in [-0.1, -0.05) is 25.3 Å². The van der Waals surface area contributed by atoms with Gasteiger partial charge in [0.15, 0.2) is 0 Å². The van der Waals surface area contributed by atoms with Gasteiger partial charge in [-0.2, -0.15) is 12.6 Å². The van der Waals surface area contributed by atoms with Crippen molar-refractivity contribution in [2.45, 2.75) is 58.5 Å². The van der Waals surface area contributed by atoms with Gasteiger partial charge in [-0.25, -0.2) is 0 Å². The number of thiol groups is 1. The molecule has 0 aliphatic heterocycles. The number of thiophene rings is 1. The van der Waals surface area contributed by atoms with E-state index in [1.54, 1.807) is 0 Å². The molecule has 1 saturated carbocycles. The van der Waals surface area contributed by atoms with Crippen LogP contribution in [0, 0.1) is 5.41 Å². The second-order valence-corrected chi connectivity index (χ2v) is 7.65. The summed E-state index contributed by atoms with van der Waals surface area (Å²) in [6, 6.07) is 5.03. The molecule has 0 radical (unpaired) electrons. The zero-order chi connectivity index (χ0) is 13.7. The molecule has 108 valence electrons. The van der Waals surface area contributed by atoms with Gasteiger partial charge in [0.25, 0.3) is 0 Å². The Labute approximate surface area is 127 Å². The van der Waals surface area contributed by atoms with E-state index in [9.17, 15) is 0 Å². The van der Waals surface area contributed by atoms with Crippen molar-refractivity contribution >= 4 is 24.0 Å². The zero-order valence-electron chi connectivity index (χ0n) is 12.3. The Morgan fingerprint density at radius 1 is 1.32 bits per heavy atom. The van der Waals surface area contributed by atoms with Crippen LogP contribution in [0.1, 0.15) is 50.8 Å². The first kappa shape index (κ1) is 15.4. The van der Waals surface area contributed by atoms with Crippen molar-refractivity contribution < 1.29 is 0 Å². The van der Waals surface area contributed by atoms with E-state index in [0.717, 1.165) is 12.3 Å². The Morgan fingerprint density at radius 2 is 2.05 bits per heavy atom. The lowest BCUT2D eigenvalue weighted by atomic mass is 9.75. The van der Waals surface area contributed by atoms with Gasteiger partial charge in [0.1, 0.15) is 0 Å². The van der Waals surface area contributed by atoms with E-state index in [2.05, 4.69) is 48.9 Å². The SMILES string of the molecule is CC(C)N(Cc1cccs1)CC1(CS)CCCCC1. The molecule has 0 aromatic carbocycles. The summed E-state index contributed by atoms with van der Waals surface area (Å²) < 4.78 is 0. The van der Waals surface area contributed by atoms with E-state index < -0.39 is 0 Å². The van der Waals surface area contributed by atoms with E-state index in [1.807, 2.05) is 11.3 Å². The van der Waals surface area contributed by atoms with E-state index >= 15 is 0 Å². The van der Waals surface area contributed by atoms with E-state index in [-0.39, 0.29) is 0 Å². The average molecular weight is 298 g/mol. The van der Waals surface area contributed by atoms with Crippen molar-refractivity contribution in [3.05, 3.63) is 22.4 Å². The molecule has 1 aromatic heterocycles. The number of hydrogen-bond acceptors (Lipinski definition) is 3. The first-order valence-electron chi connectivity index (χ1n) is 7.52. The van der Waals surface area contributed by atoms with Crippen LogP contribution >= 0.6 is 24.0 Å². The molecule has 1 heterocycles. The number of rotatable bonds is 6. The van der Waals surface area contributed by atoms with E-state index in [4.69, 9.17) is 0 Å². The van der Waals surface area contributed by atoms with Gasteiger partial charge in [0, 0.05) is 24.0 Å². The highest BCUT2D eigenvalue weighted by atomic mass is 32.1. The maximum absolute atomic E-state index is 4.68. The van der Waals surface area contributed by atoms with Crippen molar-refractivity contribution in [1.29, 1.82) is 0 Å². The molecule has 1 nitrogen and oxygen atoms in total. The van der Waals surface area contributed by atoms with Crippen LogP contribution in [0.15, 0.2) is 17.5 Å². The lowest BCUT2D eigenvalue weighted by Gasteiger charge is -2.41. The number of hydrogen-bond donors (Lipinski definition) is 1. The third kappa shape index (κ3) is 4.24. The van der Waals surface area contributed by atoms with Crippen LogP contribution in [0.4, 0.5) is 0 Å². The Balaban J connectivity index is 2.02. The van der Waals surface area contributed by atoms with Crippen LogP contribution in [0.3, 0.4) is 0 Å². The molecular formula is C16H27NS2. The van der Waals surface area contributed by atoms with Crippen LogP contribution in [-0.2, 0) is 6.54 Å². The third-order valence-electron chi connectivity index (χ3n) is 4.46. The minimum atomic E-state index is 0.461. The highest BCUT2D eigenvalue weighted by molar-refractivity contribution is 7.80. The Kier molecular flexibility index (Phi) is 5.79. The normalized spacial score (nSPS) is 19.2. The van der Waals surface area contributed by atoms with Crippen LogP contribution in [0.5, 0.6) is 0 Å². The molecule has 0 spiro atoms. The van der Waals surface area contributed by atoms with E-state index in [1.165, 1.54) is 43.5 Å². The molecule has 0 atom stereocenters. The topological polar surface area (TPSA) is 3.24 Å². The fraction of sp³-hybridized carbons (Fsp3) is 0.750. The fourth-order valence-corrected chi connectivity index (χ4v) is 4.27. The van der Waals surface area contributed by atoms with E-state index in [0.29, 0.717) is 11.5 Å². The molecule has 0 saturated heterocycles. The predicted octanol–water partition coefficient (Wildman–Crippen LogP) is 4.84. The zero-order valence-corrected chi connectivity index (χ0v) is 14.0. The standard InChI is InChI=1S/C16H27NS2/c1-14(2)17(11-15-7-6-10-19-15)12-16(13-18)8-4-3-5-9-16/h6-7,10,14,18H,3-5,8-9,11-13H2,1-2H3. The summed E-state index contributed by atoms with van der Waals surface area (Å²) >= 11 is 6.56. The minimum absolute atomic E-state index is 0.461. The Hall–Kier alpha value is 0.01000. The maximum atomic E-state index is 4.68. The van der Waals surface area contributed by atoms with Crippen molar-refractivity contribution in [3.63, 3.8) is 0 Å². The molecule has 0 bridgehead atoms. The second-order valence-electron chi connectivity index (χ2n) is 6.30. The smallest absolute Gasteiger partial charge is 0.0330 e. The summed E-state index contributed by atoms with van der Waals surface area (Å²) in [6.45, 7) is 6.96. The molecule has 0 amide bonds. The highest BCUT2D eigenvalue weighted by Gasteiger charge is 2.33. The minimum Gasteiger partial charge on any atom is -0.295 e. The van der Waals surface area contributed by atoms with Crippen LogP contribution in [-0.4, -0.2) is 23.2 Å². The highest BCUT2D eigenvalue weighted by Crippen LogP contribution is 2.38. The van der Waals surface area contributed by atoms with Crippen molar-refractivity contribution in [1.82, 2.24) is 4.90 Å². The van der Waals surface area contributed by atoms with Gasteiger partial charge < -0.3 is 0 Å². The summed E-state index contributed by atoms with van der Waals surface area (Å²) in [7, 11) is 0. The summed E-state index contributed by atoms with van der Waals surface area (Å²) in [6.07, 6.45) is 6.94. The molecule has 0 unspecified atom stereocenters. The predicted molar refractivity (Wildman–Crippen MR) is 89.2 cm³/mol. The molecule has 1 fully saturated rings. The van der Waals surface area contributed by atoms with Gasteiger partial charge in [-0.05, 0) is 49.3 Å². The number of nitrogens with zero attached hydrogens (tertiary/aromatic N) is 1. The Bertz CT molecular complexity index is 353. The molecule has 3 heteroatoms. The largest absolute Gasteiger partial charge is 0.295 e. The van der Waals surface area contributed by atoms with Gasteiger partial charge in [0.05, 0.1) is 0 Å². The summed E-state index contributed by atoms with van der Waals surface area (Å²) in [5, 5.41) is 2.18. The molecule has 0 N–H and O–H groups in total. The molecule has 2 rings (SSSR count). The quantitative estimate of drug-likeness (QED) is 0.735. The van der Waals surface area contributed by atoms with Crippen LogP contribution in [0.2, 0.25) is 0 Å². The average Bonchev–Trinajstić information content (AvgIpc) is 2.92. The van der Waals surface area contributed by atoms with Gasteiger partial charge in [-0.3, -0.25) is 4.90 Å². The molecule has 1 aliphatic rings. The second kappa shape index (κ2) is 7.14. The third-order valence-corrected chi connectivity index (χ3v) is 5.99. The van der Waals surface area contributed by atoms with Crippen molar-refractivity contribution in [2.75, 3.05) is 12.3 Å². The first-order chi connectivity index (χ1) is 9.15. The van der Waals surface area contributed by atoms with Gasteiger partial charge >= 0.3 is 0 Å². The summed E-state index contributed by atoms with van der Waals surface area (Å²) in [5.41, 5.74) is 0.461. The lowest BCUT2D eigenvalue weighted by Crippen LogP contribution is -2.43. The maximum Gasteiger partial charge on any atom is 0.0330 e. The van der Waals surface area contributed by atoms with Gasteiger partial charge in [-0.15, -0.1) is 11.3 Å². The monoisotopic (exact) mass is 297 g/mol. The van der Waals surface area contributed by atoms with Gasteiger partial charge in [0.2, 0.25) is 0 Å². The fourth-order valence-electron chi connectivity index (χ4n) is 3.12. The first-order valence-corrected chi connectivity index (χ1v) is 9.04. The van der Waals surface area contributed by atoms with Crippen LogP contribution in [0.25, 0.3) is 0 Å². The molecule has 1 aromatic rings.